The number of benzene rings is 1. The van der Waals surface area contributed by atoms with Gasteiger partial charge in [0, 0.05) is 45.1 Å². The molecule has 1 aliphatic heterocycles. The lowest BCUT2D eigenvalue weighted by Gasteiger charge is -2.34. The topological polar surface area (TPSA) is 194 Å². The van der Waals surface area contributed by atoms with E-state index in [9.17, 15) is 41.2 Å². The SMILES string of the molecule is CC(C)=C1CN(C(=O)CNC(=O)N[C@H](CN(C)S(C)(=O)=O)C(C)(C)C)[C@H](C(=O)N[C@@H](CC(F)F)C(=O)NCCc2ccc(C(=O)O)cc2)C1C. The standard InChI is InChI=1S/C33H50F2N6O8S/c1-19(2)23-17-41(27(42)16-37-32(47)39-25(33(4,5)6)18-40(7)50(8,48)49)28(20(23)3)30(44)38-24(15-26(34)35)29(43)36-14-13-21-9-11-22(12-10-21)31(45)46/h9-12,20,24-26,28H,13-18H2,1-8H3,(H,36,43)(H,38,44)(H,45,46)(H2,37,39,47)/t20?,24-,25+,28-/m0/s1. The highest BCUT2D eigenvalue weighted by molar-refractivity contribution is 7.88. The van der Waals surface area contributed by atoms with Gasteiger partial charge < -0.3 is 31.3 Å². The third-order valence-corrected chi connectivity index (χ3v) is 9.93. The number of aromatic carboxylic acids is 1. The predicted octanol–water partition coefficient (Wildman–Crippen LogP) is 1.97. The molecule has 50 heavy (non-hydrogen) atoms. The monoisotopic (exact) mass is 728 g/mol. The van der Waals surface area contributed by atoms with Gasteiger partial charge in [0.25, 0.3) is 0 Å². The van der Waals surface area contributed by atoms with Crippen molar-refractivity contribution in [2.75, 3.05) is 39.5 Å². The van der Waals surface area contributed by atoms with Crippen LogP contribution in [0.5, 0.6) is 0 Å². The summed E-state index contributed by atoms with van der Waals surface area (Å²) in [4.78, 5) is 65.2. The number of carbonyl (C=O) groups is 5. The molecule has 1 saturated heterocycles. The predicted molar refractivity (Wildman–Crippen MR) is 183 cm³/mol. The number of sulfonamides is 1. The maximum Gasteiger partial charge on any atom is 0.335 e. The zero-order valence-corrected chi connectivity index (χ0v) is 30.6. The van der Waals surface area contributed by atoms with Crippen LogP contribution in [0.15, 0.2) is 35.4 Å². The molecular formula is C33H50F2N6O8S. The van der Waals surface area contributed by atoms with Crippen molar-refractivity contribution in [1.82, 2.24) is 30.5 Å². The van der Waals surface area contributed by atoms with Crippen LogP contribution in [0.3, 0.4) is 0 Å². The van der Waals surface area contributed by atoms with Crippen molar-refractivity contribution in [2.24, 2.45) is 11.3 Å². The van der Waals surface area contributed by atoms with Gasteiger partial charge in [0.1, 0.15) is 12.1 Å². The van der Waals surface area contributed by atoms with Crippen LogP contribution >= 0.6 is 0 Å². The van der Waals surface area contributed by atoms with Crippen molar-refractivity contribution >= 4 is 39.7 Å². The van der Waals surface area contributed by atoms with Crippen molar-refractivity contribution in [3.8, 4) is 0 Å². The average molecular weight is 729 g/mol. The highest BCUT2D eigenvalue weighted by Crippen LogP contribution is 2.32. The van der Waals surface area contributed by atoms with E-state index in [1.165, 1.54) is 24.1 Å². The molecule has 2 rings (SSSR count). The number of carbonyl (C=O) groups excluding carboxylic acids is 4. The molecule has 0 bridgehead atoms. The maximum absolute atomic E-state index is 13.6. The summed E-state index contributed by atoms with van der Waals surface area (Å²) < 4.78 is 52.1. The van der Waals surface area contributed by atoms with Gasteiger partial charge in [-0.15, -0.1) is 0 Å². The van der Waals surface area contributed by atoms with Crippen LogP contribution in [-0.2, 0) is 30.8 Å². The van der Waals surface area contributed by atoms with E-state index < -0.39 is 88.6 Å². The van der Waals surface area contributed by atoms with Gasteiger partial charge >= 0.3 is 12.0 Å². The summed E-state index contributed by atoms with van der Waals surface area (Å²) >= 11 is 0. The quantitative estimate of drug-likeness (QED) is 0.169. The van der Waals surface area contributed by atoms with Crippen molar-refractivity contribution in [1.29, 1.82) is 0 Å². The fourth-order valence-corrected chi connectivity index (χ4v) is 5.86. The zero-order chi connectivity index (χ0) is 38.1. The Hall–Kier alpha value is -4.12. The van der Waals surface area contributed by atoms with Crippen molar-refractivity contribution in [2.45, 2.75) is 78.9 Å². The number of nitrogens with zero attached hydrogens (tertiary/aromatic N) is 2. The molecule has 5 amide bonds. The molecule has 1 heterocycles. The number of carboxylic acid groups (broad SMARTS) is 1. The van der Waals surface area contributed by atoms with Gasteiger partial charge in [0.05, 0.1) is 18.4 Å². The number of nitrogens with one attached hydrogen (secondary N) is 4. The van der Waals surface area contributed by atoms with E-state index in [1.807, 2.05) is 34.6 Å². The van der Waals surface area contributed by atoms with Crippen LogP contribution < -0.4 is 21.3 Å². The Morgan fingerprint density at radius 3 is 2.14 bits per heavy atom. The molecule has 1 fully saturated rings. The zero-order valence-electron chi connectivity index (χ0n) is 29.8. The Balaban J connectivity index is 2.14. The molecule has 4 atom stereocenters. The first kappa shape index (κ1) is 42.0. The van der Waals surface area contributed by atoms with Crippen molar-refractivity contribution < 1.29 is 46.3 Å². The maximum atomic E-state index is 13.6. The first-order valence-electron chi connectivity index (χ1n) is 16.1. The minimum atomic E-state index is -3.53. The highest BCUT2D eigenvalue weighted by atomic mass is 32.2. The second-order valence-corrected chi connectivity index (χ2v) is 15.9. The lowest BCUT2D eigenvalue weighted by atomic mass is 9.87. The first-order valence-corrected chi connectivity index (χ1v) is 18.0. The van der Waals surface area contributed by atoms with Gasteiger partial charge in [0.2, 0.25) is 34.2 Å². The fraction of sp³-hybridized carbons (Fsp3) is 0.606. The summed E-state index contributed by atoms with van der Waals surface area (Å²) in [6.45, 7) is 10.3. The van der Waals surface area contributed by atoms with E-state index in [2.05, 4.69) is 21.3 Å². The molecule has 14 nitrogen and oxygen atoms in total. The van der Waals surface area contributed by atoms with Crippen LogP contribution in [0.1, 0.15) is 63.9 Å². The smallest absolute Gasteiger partial charge is 0.335 e. The number of carboxylic acids is 1. The van der Waals surface area contributed by atoms with E-state index in [1.54, 1.807) is 19.1 Å². The number of halogens is 2. The number of allylic oxidation sites excluding steroid dienone is 1. The summed E-state index contributed by atoms with van der Waals surface area (Å²) in [5, 5.41) is 19.2. The van der Waals surface area contributed by atoms with Gasteiger partial charge in [-0.05, 0) is 49.0 Å². The minimum Gasteiger partial charge on any atom is -0.478 e. The Labute approximate surface area is 292 Å². The number of likely N-dealkylation sites (tertiary alicyclic amines) is 1. The van der Waals surface area contributed by atoms with E-state index >= 15 is 0 Å². The second-order valence-electron chi connectivity index (χ2n) is 13.8. The molecule has 0 aliphatic carbocycles. The molecule has 280 valence electrons. The van der Waals surface area contributed by atoms with E-state index in [4.69, 9.17) is 5.11 Å². The largest absolute Gasteiger partial charge is 0.478 e. The summed E-state index contributed by atoms with van der Waals surface area (Å²) in [6, 6.07) is 1.81. The molecule has 1 aromatic carbocycles. The summed E-state index contributed by atoms with van der Waals surface area (Å²) in [7, 11) is -2.14. The first-order chi connectivity index (χ1) is 23.0. The van der Waals surface area contributed by atoms with Crippen LogP contribution in [-0.4, -0.2) is 116 Å². The summed E-state index contributed by atoms with van der Waals surface area (Å²) in [6.07, 6.45) is -2.58. The molecule has 1 aliphatic rings. The lowest BCUT2D eigenvalue weighted by molar-refractivity contribution is -0.140. The van der Waals surface area contributed by atoms with Gasteiger partial charge in [0.15, 0.2) is 0 Å². The van der Waals surface area contributed by atoms with Gasteiger partial charge in [-0.1, -0.05) is 45.4 Å². The number of urea groups is 1. The van der Waals surface area contributed by atoms with Gasteiger partial charge in [-0.3, -0.25) is 14.4 Å². The molecule has 0 saturated carbocycles. The molecular weight excluding hydrogens is 678 g/mol. The normalized spacial score (nSPS) is 17.7. The van der Waals surface area contributed by atoms with Crippen LogP contribution in [0.4, 0.5) is 13.6 Å². The van der Waals surface area contributed by atoms with Crippen molar-refractivity contribution in [3.05, 3.63) is 46.5 Å². The molecule has 17 heteroatoms. The number of amides is 5. The average Bonchev–Trinajstić information content (AvgIpc) is 3.35. The van der Waals surface area contributed by atoms with Gasteiger partial charge in [-0.2, -0.15) is 0 Å². The number of rotatable bonds is 15. The van der Waals surface area contributed by atoms with E-state index in [0.29, 0.717) is 5.56 Å². The van der Waals surface area contributed by atoms with Crippen molar-refractivity contribution in [3.63, 3.8) is 0 Å². The fourth-order valence-electron chi connectivity index (χ4n) is 5.44. The lowest BCUT2D eigenvalue weighted by Crippen LogP contribution is -2.57. The molecule has 0 spiro atoms. The van der Waals surface area contributed by atoms with E-state index in [-0.39, 0.29) is 31.6 Å². The molecule has 5 N–H and O–H groups in total. The molecule has 1 unspecified atom stereocenters. The Bertz CT molecular complexity index is 1540. The molecule has 0 aromatic heterocycles. The Morgan fingerprint density at radius 2 is 1.64 bits per heavy atom. The van der Waals surface area contributed by atoms with E-state index in [0.717, 1.165) is 21.7 Å². The summed E-state index contributed by atoms with van der Waals surface area (Å²) in [5.74, 6) is -3.91. The van der Waals surface area contributed by atoms with Crippen LogP contribution in [0.25, 0.3) is 0 Å². The Kier molecular flexibility index (Phi) is 14.9. The summed E-state index contributed by atoms with van der Waals surface area (Å²) in [5.41, 5.74) is 1.85. The third-order valence-electron chi connectivity index (χ3n) is 8.65. The minimum absolute atomic E-state index is 0.0211. The third kappa shape index (κ3) is 12.3. The number of likely N-dealkylation sites (N-methyl/N-ethyl adjacent to an activating group) is 1. The van der Waals surface area contributed by atoms with Crippen LogP contribution in [0, 0.1) is 11.3 Å². The van der Waals surface area contributed by atoms with Crippen LogP contribution in [0.2, 0.25) is 0 Å². The molecule has 1 aromatic rings. The highest BCUT2D eigenvalue weighted by Gasteiger charge is 2.44. The second kappa shape index (κ2) is 17.7. The number of hydrogen-bond donors (Lipinski definition) is 5. The number of alkyl halides is 2. The molecule has 0 radical (unpaired) electrons. The number of hydrogen-bond acceptors (Lipinski definition) is 7. The van der Waals surface area contributed by atoms with Gasteiger partial charge in [-0.25, -0.2) is 31.1 Å². The Morgan fingerprint density at radius 1 is 1.04 bits per heavy atom.